The maximum atomic E-state index is 12.4. The number of anilines is 2. The van der Waals surface area contributed by atoms with Gasteiger partial charge in [-0.3, -0.25) is 14.2 Å². The molecule has 0 bridgehead atoms. The van der Waals surface area contributed by atoms with E-state index in [0.717, 1.165) is 52.4 Å². The number of hydrogen-bond donors (Lipinski definition) is 2. The number of fused-ring (bicyclic) bond motifs is 2. The first-order valence-electron chi connectivity index (χ1n) is 12.2. The number of aromatic nitrogens is 3. The van der Waals surface area contributed by atoms with E-state index < -0.39 is 0 Å². The van der Waals surface area contributed by atoms with Gasteiger partial charge in [0.2, 0.25) is 0 Å². The molecule has 4 aromatic rings. The predicted molar refractivity (Wildman–Crippen MR) is 138 cm³/mol. The third kappa shape index (κ3) is 4.58. The number of benzene rings is 2. The minimum atomic E-state index is -0.0431. The average Bonchev–Trinajstić information content (AvgIpc) is 3.53. The molecule has 2 aliphatic rings. The van der Waals surface area contributed by atoms with E-state index >= 15 is 0 Å². The molecule has 0 spiro atoms. The van der Waals surface area contributed by atoms with Gasteiger partial charge in [-0.25, -0.2) is 4.98 Å². The van der Waals surface area contributed by atoms with Crippen LogP contribution in [0, 0.1) is 0 Å². The van der Waals surface area contributed by atoms with Crippen molar-refractivity contribution in [1.29, 1.82) is 0 Å². The van der Waals surface area contributed by atoms with E-state index in [9.17, 15) is 10.0 Å². The van der Waals surface area contributed by atoms with Crippen molar-refractivity contribution in [2.45, 2.75) is 12.8 Å². The molecular weight excluding hydrogens is 472 g/mol. The minimum Gasteiger partial charge on any atom is -0.484 e. The Hall–Kier alpha value is -4.44. The second-order valence-corrected chi connectivity index (χ2v) is 8.96. The van der Waals surface area contributed by atoms with Crippen LogP contribution < -0.4 is 10.1 Å². The van der Waals surface area contributed by atoms with Crippen LogP contribution in [0.3, 0.4) is 0 Å². The van der Waals surface area contributed by atoms with Crippen LogP contribution in [-0.2, 0) is 16.0 Å². The monoisotopic (exact) mass is 498 g/mol. The molecule has 0 unspecified atom stereocenters. The van der Waals surface area contributed by atoms with E-state index in [1.165, 1.54) is 0 Å². The number of nitrogens with one attached hydrogen (secondary N) is 1. The van der Waals surface area contributed by atoms with E-state index in [1.54, 1.807) is 17.3 Å². The van der Waals surface area contributed by atoms with Gasteiger partial charge in [0.05, 0.1) is 25.1 Å². The smallest absolute Gasteiger partial charge is 0.260 e. The molecular formula is C27H26N6O4. The molecule has 3 heterocycles. The van der Waals surface area contributed by atoms with Gasteiger partial charge in [-0.1, -0.05) is 11.2 Å². The number of aryl methyl sites for hydroxylation is 1. The molecule has 1 aliphatic carbocycles. The molecule has 2 aromatic carbocycles. The maximum Gasteiger partial charge on any atom is 0.260 e. The SMILES string of the molecule is O=C(COc1ccc(-c2nc3cnccn3c2Nc2ccc3c(c2)CC/C3=N\O)cc1)N1CCOCC1. The summed E-state index contributed by atoms with van der Waals surface area (Å²) in [7, 11) is 0. The second kappa shape index (κ2) is 9.90. The Morgan fingerprint density at radius 2 is 1.97 bits per heavy atom. The molecule has 1 amide bonds. The van der Waals surface area contributed by atoms with Crippen LogP contribution in [0.2, 0.25) is 0 Å². The number of nitrogens with zero attached hydrogens (tertiary/aromatic N) is 5. The van der Waals surface area contributed by atoms with E-state index in [2.05, 4.69) is 21.5 Å². The van der Waals surface area contributed by atoms with E-state index in [4.69, 9.17) is 14.5 Å². The largest absolute Gasteiger partial charge is 0.484 e. The Bertz CT molecular complexity index is 1470. The number of carbonyl (C=O) groups excluding carboxylic acids is 1. The second-order valence-electron chi connectivity index (χ2n) is 8.96. The zero-order chi connectivity index (χ0) is 25.2. The van der Waals surface area contributed by atoms with Crippen LogP contribution in [-0.4, -0.2) is 69.0 Å². The Labute approximate surface area is 213 Å². The summed E-state index contributed by atoms with van der Waals surface area (Å²) in [6, 6.07) is 13.6. The molecule has 1 aliphatic heterocycles. The third-order valence-corrected chi connectivity index (χ3v) is 6.71. The number of oxime groups is 1. The van der Waals surface area contributed by atoms with Gasteiger partial charge in [-0.2, -0.15) is 0 Å². The summed E-state index contributed by atoms with van der Waals surface area (Å²) < 4.78 is 13.0. The fourth-order valence-corrected chi connectivity index (χ4v) is 4.77. The molecule has 188 valence electrons. The lowest BCUT2D eigenvalue weighted by atomic mass is 10.1. The van der Waals surface area contributed by atoms with Gasteiger partial charge in [-0.15, -0.1) is 0 Å². The first-order chi connectivity index (χ1) is 18.2. The molecule has 1 saturated heterocycles. The normalized spacial score (nSPS) is 16.2. The Balaban J connectivity index is 1.24. The molecule has 0 saturated carbocycles. The van der Waals surface area contributed by atoms with Crippen LogP contribution in [0.15, 0.2) is 66.2 Å². The van der Waals surface area contributed by atoms with Crippen LogP contribution in [0.1, 0.15) is 17.5 Å². The van der Waals surface area contributed by atoms with E-state index in [1.807, 2.05) is 47.0 Å². The topological polar surface area (TPSA) is 114 Å². The lowest BCUT2D eigenvalue weighted by Gasteiger charge is -2.26. The van der Waals surface area contributed by atoms with E-state index in [-0.39, 0.29) is 12.5 Å². The summed E-state index contributed by atoms with van der Waals surface area (Å²) in [5, 5.41) is 16.2. The molecule has 6 rings (SSSR count). The van der Waals surface area contributed by atoms with Gasteiger partial charge in [0.1, 0.15) is 17.3 Å². The van der Waals surface area contributed by atoms with Gasteiger partial charge in [-0.05, 0) is 54.8 Å². The quantitative estimate of drug-likeness (QED) is 0.309. The molecule has 1 fully saturated rings. The van der Waals surface area contributed by atoms with Crippen molar-refractivity contribution in [2.24, 2.45) is 5.16 Å². The lowest BCUT2D eigenvalue weighted by Crippen LogP contribution is -2.42. The zero-order valence-electron chi connectivity index (χ0n) is 20.1. The van der Waals surface area contributed by atoms with Crippen molar-refractivity contribution in [3.05, 3.63) is 72.2 Å². The summed E-state index contributed by atoms with van der Waals surface area (Å²) in [6.45, 7) is 2.32. The molecule has 2 N–H and O–H groups in total. The molecule has 10 nitrogen and oxygen atoms in total. The first kappa shape index (κ1) is 23.0. The Morgan fingerprint density at radius 1 is 1.14 bits per heavy atom. The predicted octanol–water partition coefficient (Wildman–Crippen LogP) is 3.50. The number of rotatable bonds is 6. The highest BCUT2D eigenvalue weighted by atomic mass is 16.5. The molecule has 0 radical (unpaired) electrons. The maximum absolute atomic E-state index is 12.4. The summed E-state index contributed by atoms with van der Waals surface area (Å²) in [6.07, 6.45) is 6.87. The minimum absolute atomic E-state index is 0.00673. The number of imidazole rings is 1. The molecule has 2 aromatic heterocycles. The van der Waals surface area contributed by atoms with Gasteiger partial charge in [0.25, 0.3) is 5.91 Å². The van der Waals surface area contributed by atoms with Crippen LogP contribution >= 0.6 is 0 Å². The number of morpholine rings is 1. The van der Waals surface area contributed by atoms with Gasteiger partial charge in [0.15, 0.2) is 12.3 Å². The van der Waals surface area contributed by atoms with E-state index in [0.29, 0.717) is 37.7 Å². The van der Waals surface area contributed by atoms with Gasteiger partial charge in [0, 0.05) is 42.3 Å². The van der Waals surface area contributed by atoms with Gasteiger partial charge < -0.3 is 24.9 Å². The van der Waals surface area contributed by atoms with Crippen LogP contribution in [0.5, 0.6) is 5.75 Å². The van der Waals surface area contributed by atoms with Crippen LogP contribution in [0.4, 0.5) is 11.5 Å². The van der Waals surface area contributed by atoms with Crippen molar-refractivity contribution < 1.29 is 19.5 Å². The molecule has 37 heavy (non-hydrogen) atoms. The van der Waals surface area contributed by atoms with Crippen molar-refractivity contribution in [2.75, 3.05) is 38.2 Å². The number of hydrogen-bond acceptors (Lipinski definition) is 8. The van der Waals surface area contributed by atoms with Crippen molar-refractivity contribution >= 4 is 28.8 Å². The lowest BCUT2D eigenvalue weighted by molar-refractivity contribution is -0.137. The van der Waals surface area contributed by atoms with Gasteiger partial charge >= 0.3 is 0 Å². The third-order valence-electron chi connectivity index (χ3n) is 6.71. The highest BCUT2D eigenvalue weighted by molar-refractivity contribution is 6.04. The summed E-state index contributed by atoms with van der Waals surface area (Å²) >= 11 is 0. The number of amides is 1. The molecule has 10 heteroatoms. The Morgan fingerprint density at radius 3 is 2.78 bits per heavy atom. The standard InChI is InChI=1S/C27H26N6O4/c34-25(32-11-13-36-14-12-32)17-37-21-5-1-18(2-6-21)26-27(33-10-9-28-16-24(33)30-26)29-20-4-7-22-19(15-20)3-8-23(22)31-35/h1-2,4-7,9-10,15-16,29,35H,3,8,11-14,17H2/b31-23+. The fourth-order valence-electron chi connectivity index (χ4n) is 4.77. The summed E-state index contributed by atoms with van der Waals surface area (Å²) in [5.74, 6) is 1.38. The van der Waals surface area contributed by atoms with Crippen molar-refractivity contribution in [3.8, 4) is 17.0 Å². The fraction of sp³-hybridized carbons (Fsp3) is 0.259. The van der Waals surface area contributed by atoms with Crippen molar-refractivity contribution in [1.82, 2.24) is 19.3 Å². The highest BCUT2D eigenvalue weighted by Crippen LogP contribution is 2.33. The summed E-state index contributed by atoms with van der Waals surface area (Å²) in [5.41, 5.74) is 6.14. The first-order valence-corrected chi connectivity index (χ1v) is 12.2. The number of ether oxygens (including phenoxy) is 2. The van der Waals surface area contributed by atoms with Crippen molar-refractivity contribution in [3.63, 3.8) is 0 Å². The average molecular weight is 499 g/mol. The van der Waals surface area contributed by atoms with Crippen LogP contribution in [0.25, 0.3) is 16.9 Å². The zero-order valence-corrected chi connectivity index (χ0v) is 20.1. The number of carbonyl (C=O) groups is 1. The molecule has 0 atom stereocenters. The highest BCUT2D eigenvalue weighted by Gasteiger charge is 2.20. The Kier molecular flexibility index (Phi) is 6.15. The summed E-state index contributed by atoms with van der Waals surface area (Å²) in [4.78, 5) is 23.2.